The smallest absolute Gasteiger partial charge is 0.319 e. The Morgan fingerprint density at radius 2 is 2.17 bits per heavy atom. The summed E-state index contributed by atoms with van der Waals surface area (Å²) in [6.45, 7) is 3.75. The number of carbonyl (C=O) groups excluding carboxylic acids is 1. The summed E-state index contributed by atoms with van der Waals surface area (Å²) >= 11 is 5.72. The molecule has 0 saturated heterocycles. The van der Waals surface area contributed by atoms with Crippen LogP contribution in [-0.2, 0) is 0 Å². The maximum atomic E-state index is 11.8. The zero-order valence-corrected chi connectivity index (χ0v) is 11.3. The second-order valence-corrected chi connectivity index (χ2v) is 4.48. The molecule has 5 nitrogen and oxygen atoms in total. The number of halogens is 1. The van der Waals surface area contributed by atoms with E-state index in [1.54, 1.807) is 12.1 Å². The number of aliphatic hydroxyl groups is 1. The maximum absolute atomic E-state index is 11.8. The number of urea groups is 1. The first-order valence-corrected chi connectivity index (χ1v) is 6.24. The fraction of sp³-hybridized carbons (Fsp3) is 0.500. The zero-order chi connectivity index (χ0) is 13.6. The molecule has 0 spiro atoms. The summed E-state index contributed by atoms with van der Waals surface area (Å²) in [4.78, 5) is 15.6. The molecule has 1 heterocycles. The first-order chi connectivity index (χ1) is 8.55. The van der Waals surface area contributed by atoms with Crippen molar-refractivity contribution in [2.45, 2.75) is 32.2 Å². The van der Waals surface area contributed by atoms with Crippen molar-refractivity contribution in [1.82, 2.24) is 10.3 Å². The zero-order valence-electron chi connectivity index (χ0n) is 10.5. The standard InChI is InChI=1S/C12H18ClN3O2/c1-3-12(4-2,8-17)16-11(18)15-9-5-6-14-10(13)7-9/h5-7,17H,3-4,8H2,1-2H3,(H2,14,15,16,18). The van der Waals surface area contributed by atoms with E-state index in [9.17, 15) is 9.90 Å². The van der Waals surface area contributed by atoms with Gasteiger partial charge in [-0.3, -0.25) is 0 Å². The van der Waals surface area contributed by atoms with Crippen molar-refractivity contribution in [1.29, 1.82) is 0 Å². The van der Waals surface area contributed by atoms with Crippen LogP contribution >= 0.6 is 11.6 Å². The fourth-order valence-electron chi connectivity index (χ4n) is 1.57. The van der Waals surface area contributed by atoms with E-state index in [0.29, 0.717) is 23.7 Å². The van der Waals surface area contributed by atoms with E-state index < -0.39 is 5.54 Å². The predicted molar refractivity (Wildman–Crippen MR) is 71.8 cm³/mol. The molecular formula is C12H18ClN3O2. The molecule has 1 rings (SSSR count). The Bertz CT molecular complexity index is 400. The van der Waals surface area contributed by atoms with E-state index in [2.05, 4.69) is 15.6 Å². The molecule has 0 saturated carbocycles. The van der Waals surface area contributed by atoms with Crippen LogP contribution in [0, 0.1) is 0 Å². The van der Waals surface area contributed by atoms with E-state index in [1.165, 1.54) is 6.20 Å². The van der Waals surface area contributed by atoms with Crippen molar-refractivity contribution in [3.8, 4) is 0 Å². The van der Waals surface area contributed by atoms with Gasteiger partial charge in [-0.25, -0.2) is 9.78 Å². The second kappa shape index (κ2) is 6.56. The van der Waals surface area contributed by atoms with Gasteiger partial charge in [0.05, 0.1) is 12.1 Å². The third kappa shape index (κ3) is 3.85. The lowest BCUT2D eigenvalue weighted by Gasteiger charge is -2.30. The molecule has 0 radical (unpaired) electrons. The summed E-state index contributed by atoms with van der Waals surface area (Å²) in [6, 6.07) is 2.83. The van der Waals surface area contributed by atoms with E-state index in [0.717, 1.165) is 0 Å². The molecule has 0 aliphatic rings. The molecule has 1 aromatic rings. The van der Waals surface area contributed by atoms with Crippen LogP contribution in [0.2, 0.25) is 5.15 Å². The highest BCUT2D eigenvalue weighted by Gasteiger charge is 2.27. The first-order valence-electron chi connectivity index (χ1n) is 5.87. The van der Waals surface area contributed by atoms with Gasteiger partial charge < -0.3 is 15.7 Å². The summed E-state index contributed by atoms with van der Waals surface area (Å²) < 4.78 is 0. The highest BCUT2D eigenvalue weighted by atomic mass is 35.5. The highest BCUT2D eigenvalue weighted by Crippen LogP contribution is 2.15. The number of aliphatic hydroxyl groups excluding tert-OH is 1. The average Bonchev–Trinajstić information content (AvgIpc) is 2.36. The van der Waals surface area contributed by atoms with Crippen LogP contribution in [0.5, 0.6) is 0 Å². The second-order valence-electron chi connectivity index (χ2n) is 4.09. The summed E-state index contributed by atoms with van der Waals surface area (Å²) in [5.41, 5.74) is -0.0208. The predicted octanol–water partition coefficient (Wildman–Crippen LogP) is 2.41. The lowest BCUT2D eigenvalue weighted by Crippen LogP contribution is -2.52. The normalized spacial score (nSPS) is 11.1. The van der Waals surface area contributed by atoms with Gasteiger partial charge in [0.15, 0.2) is 0 Å². The molecule has 0 aromatic carbocycles. The molecule has 0 aliphatic heterocycles. The van der Waals surface area contributed by atoms with Crippen LogP contribution in [0.25, 0.3) is 0 Å². The third-order valence-corrected chi connectivity index (χ3v) is 3.23. The highest BCUT2D eigenvalue weighted by molar-refractivity contribution is 6.29. The van der Waals surface area contributed by atoms with Crippen molar-refractivity contribution in [2.75, 3.05) is 11.9 Å². The molecule has 0 aliphatic carbocycles. The Hall–Kier alpha value is -1.33. The Balaban J connectivity index is 2.66. The van der Waals surface area contributed by atoms with Gasteiger partial charge in [0.1, 0.15) is 5.15 Å². The molecule has 0 fully saturated rings. The van der Waals surface area contributed by atoms with E-state index >= 15 is 0 Å². The molecule has 18 heavy (non-hydrogen) atoms. The van der Waals surface area contributed by atoms with E-state index in [1.807, 2.05) is 13.8 Å². The Labute approximate surface area is 112 Å². The third-order valence-electron chi connectivity index (χ3n) is 3.02. The number of amides is 2. The number of hydrogen-bond donors (Lipinski definition) is 3. The van der Waals surface area contributed by atoms with Crippen molar-refractivity contribution in [2.24, 2.45) is 0 Å². The number of aromatic nitrogens is 1. The van der Waals surface area contributed by atoms with E-state index in [4.69, 9.17) is 11.6 Å². The van der Waals surface area contributed by atoms with Gasteiger partial charge in [0.25, 0.3) is 0 Å². The minimum Gasteiger partial charge on any atom is -0.394 e. The lowest BCUT2D eigenvalue weighted by atomic mass is 9.94. The van der Waals surface area contributed by atoms with Crippen LogP contribution in [0.3, 0.4) is 0 Å². The number of pyridine rings is 1. The number of anilines is 1. The number of nitrogens with zero attached hydrogens (tertiary/aromatic N) is 1. The fourth-order valence-corrected chi connectivity index (χ4v) is 1.75. The number of carbonyl (C=O) groups is 1. The quantitative estimate of drug-likeness (QED) is 0.720. The number of nitrogens with one attached hydrogen (secondary N) is 2. The average molecular weight is 272 g/mol. The van der Waals surface area contributed by atoms with Crippen LogP contribution < -0.4 is 10.6 Å². The summed E-state index contributed by atoms with van der Waals surface area (Å²) in [5, 5.41) is 15.1. The maximum Gasteiger partial charge on any atom is 0.319 e. The first kappa shape index (κ1) is 14.7. The van der Waals surface area contributed by atoms with Crippen LogP contribution in [0.1, 0.15) is 26.7 Å². The van der Waals surface area contributed by atoms with Crippen molar-refractivity contribution < 1.29 is 9.90 Å². The topological polar surface area (TPSA) is 74.2 Å². The molecule has 100 valence electrons. The monoisotopic (exact) mass is 271 g/mol. The largest absolute Gasteiger partial charge is 0.394 e. The van der Waals surface area contributed by atoms with Crippen LogP contribution in [-0.4, -0.2) is 28.3 Å². The van der Waals surface area contributed by atoms with Crippen LogP contribution in [0.4, 0.5) is 10.5 Å². The van der Waals surface area contributed by atoms with Gasteiger partial charge in [-0.15, -0.1) is 0 Å². The van der Waals surface area contributed by atoms with Crippen molar-refractivity contribution in [3.05, 3.63) is 23.5 Å². The minimum absolute atomic E-state index is 0.0927. The van der Waals surface area contributed by atoms with Gasteiger partial charge in [-0.2, -0.15) is 0 Å². The van der Waals surface area contributed by atoms with Crippen molar-refractivity contribution in [3.63, 3.8) is 0 Å². The van der Waals surface area contributed by atoms with Gasteiger partial charge in [0, 0.05) is 11.9 Å². The summed E-state index contributed by atoms with van der Waals surface area (Å²) in [5.74, 6) is 0. The Morgan fingerprint density at radius 1 is 1.50 bits per heavy atom. The van der Waals surface area contributed by atoms with Gasteiger partial charge in [-0.1, -0.05) is 25.4 Å². The van der Waals surface area contributed by atoms with Gasteiger partial charge >= 0.3 is 6.03 Å². The molecule has 6 heteroatoms. The van der Waals surface area contributed by atoms with Crippen molar-refractivity contribution >= 4 is 23.3 Å². The molecule has 0 unspecified atom stereocenters. The van der Waals surface area contributed by atoms with E-state index in [-0.39, 0.29) is 12.6 Å². The Morgan fingerprint density at radius 3 is 2.67 bits per heavy atom. The number of rotatable bonds is 5. The number of hydrogen-bond acceptors (Lipinski definition) is 3. The van der Waals surface area contributed by atoms with Gasteiger partial charge in [0.2, 0.25) is 0 Å². The molecule has 0 bridgehead atoms. The summed E-state index contributed by atoms with van der Waals surface area (Å²) in [7, 11) is 0. The molecule has 0 atom stereocenters. The Kier molecular flexibility index (Phi) is 5.37. The molecular weight excluding hydrogens is 254 g/mol. The van der Waals surface area contributed by atoms with Crippen LogP contribution in [0.15, 0.2) is 18.3 Å². The molecule has 1 aromatic heterocycles. The summed E-state index contributed by atoms with van der Waals surface area (Å²) in [6.07, 6.45) is 2.83. The molecule has 3 N–H and O–H groups in total. The molecule has 2 amide bonds. The van der Waals surface area contributed by atoms with Gasteiger partial charge in [-0.05, 0) is 25.0 Å². The SMILES string of the molecule is CCC(CC)(CO)NC(=O)Nc1ccnc(Cl)c1. The lowest BCUT2D eigenvalue weighted by molar-refractivity contribution is 0.155. The minimum atomic E-state index is -0.582.